The molecule has 4 rings (SSSR count). The van der Waals surface area contributed by atoms with Gasteiger partial charge in [0.25, 0.3) is 0 Å². The number of hydrogen-bond acceptors (Lipinski definition) is 8. The van der Waals surface area contributed by atoms with Crippen LogP contribution in [0.1, 0.15) is 67.8 Å². The predicted octanol–water partition coefficient (Wildman–Crippen LogP) is 5.94. The molecule has 0 spiro atoms. The van der Waals surface area contributed by atoms with Gasteiger partial charge in [0, 0.05) is 6.20 Å². The molecule has 37 heavy (non-hydrogen) atoms. The van der Waals surface area contributed by atoms with Crippen LogP contribution in [0, 0.1) is 31.5 Å². The van der Waals surface area contributed by atoms with Crippen LogP contribution in [0.25, 0.3) is 10.6 Å². The van der Waals surface area contributed by atoms with Gasteiger partial charge in [0.05, 0.1) is 41.5 Å². The Morgan fingerprint density at radius 2 is 1.95 bits per heavy atom. The van der Waals surface area contributed by atoms with E-state index in [2.05, 4.69) is 15.3 Å². The number of aliphatic hydroxyl groups is 1. The lowest BCUT2D eigenvalue weighted by Gasteiger charge is -2.36. The van der Waals surface area contributed by atoms with Crippen LogP contribution in [0.15, 0.2) is 30.6 Å². The highest BCUT2D eigenvalue weighted by Crippen LogP contribution is 2.43. The van der Waals surface area contributed by atoms with E-state index in [1.54, 1.807) is 19.2 Å². The van der Waals surface area contributed by atoms with Crippen molar-refractivity contribution < 1.29 is 19.0 Å². The standard InChI is InChI=1S/C28H35FN4O3S/c1-5-10-36-26(34)19-6-8-20(9-7-19)28(4,35)27-32-16-24(37-27)23-11-17(2)12-25(33-23)31-14-21-13-18(3)22(29)15-30-21/h11-13,15-16,19-20,35H,5-10,14H2,1-4H3,(H,31,33)/t19?,20?,28-/m0/s1. The molecule has 0 radical (unpaired) electrons. The fourth-order valence-electron chi connectivity index (χ4n) is 4.77. The van der Waals surface area contributed by atoms with Crippen LogP contribution in [-0.4, -0.2) is 32.6 Å². The van der Waals surface area contributed by atoms with Gasteiger partial charge >= 0.3 is 5.97 Å². The van der Waals surface area contributed by atoms with Gasteiger partial charge in [-0.05, 0) is 88.1 Å². The summed E-state index contributed by atoms with van der Waals surface area (Å²) in [6.07, 6.45) is 6.76. The van der Waals surface area contributed by atoms with E-state index < -0.39 is 5.60 Å². The fraction of sp³-hybridized carbons (Fsp3) is 0.500. The second-order valence-corrected chi connectivity index (χ2v) is 11.1. The van der Waals surface area contributed by atoms with Gasteiger partial charge in [-0.1, -0.05) is 6.92 Å². The summed E-state index contributed by atoms with van der Waals surface area (Å²) < 4.78 is 18.8. The minimum Gasteiger partial charge on any atom is -0.465 e. The van der Waals surface area contributed by atoms with E-state index in [0.717, 1.165) is 53.9 Å². The molecule has 0 unspecified atom stereocenters. The summed E-state index contributed by atoms with van der Waals surface area (Å²) in [6, 6.07) is 5.66. The lowest BCUT2D eigenvalue weighted by atomic mass is 9.74. The average molecular weight is 527 g/mol. The number of nitrogens with one attached hydrogen (secondary N) is 1. The van der Waals surface area contributed by atoms with Gasteiger partial charge in [-0.3, -0.25) is 9.78 Å². The molecular formula is C28H35FN4O3S. The molecule has 0 aromatic carbocycles. The average Bonchev–Trinajstić information content (AvgIpc) is 3.39. The lowest BCUT2D eigenvalue weighted by molar-refractivity contribution is -0.151. The molecule has 3 heterocycles. The number of esters is 1. The van der Waals surface area contributed by atoms with E-state index in [-0.39, 0.29) is 23.6 Å². The number of nitrogens with zero attached hydrogens (tertiary/aromatic N) is 3. The summed E-state index contributed by atoms with van der Waals surface area (Å²) in [6.45, 7) is 8.41. The van der Waals surface area contributed by atoms with Crippen molar-refractivity contribution in [2.75, 3.05) is 11.9 Å². The molecule has 7 nitrogen and oxygen atoms in total. The predicted molar refractivity (Wildman–Crippen MR) is 143 cm³/mol. The highest BCUT2D eigenvalue weighted by molar-refractivity contribution is 7.15. The summed E-state index contributed by atoms with van der Waals surface area (Å²) in [7, 11) is 0. The Labute approximate surface area is 221 Å². The van der Waals surface area contributed by atoms with Crippen LogP contribution < -0.4 is 5.32 Å². The summed E-state index contributed by atoms with van der Waals surface area (Å²) in [5.74, 6) is 0.197. The maximum Gasteiger partial charge on any atom is 0.308 e. The van der Waals surface area contributed by atoms with Crippen molar-refractivity contribution in [3.63, 3.8) is 0 Å². The Kier molecular flexibility index (Phi) is 8.54. The van der Waals surface area contributed by atoms with Gasteiger partial charge in [0.1, 0.15) is 22.2 Å². The van der Waals surface area contributed by atoms with Crippen LogP contribution >= 0.6 is 11.3 Å². The number of ether oxygens (including phenoxy) is 1. The third-order valence-corrected chi connectivity index (χ3v) is 8.27. The number of aromatic nitrogens is 3. The SMILES string of the molecule is CCCOC(=O)C1CCC([C@](C)(O)c2ncc(-c3cc(C)cc(NCc4cc(C)c(F)cn4)n3)s2)CC1. The number of anilines is 1. The number of carbonyl (C=O) groups excluding carboxylic acids is 1. The molecular weight excluding hydrogens is 491 g/mol. The number of carbonyl (C=O) groups is 1. The Balaban J connectivity index is 1.43. The minimum atomic E-state index is -1.09. The second kappa shape index (κ2) is 11.6. The van der Waals surface area contributed by atoms with Gasteiger partial charge in [0.15, 0.2) is 0 Å². The van der Waals surface area contributed by atoms with Gasteiger partial charge in [-0.25, -0.2) is 14.4 Å². The van der Waals surface area contributed by atoms with Crippen LogP contribution in [0.4, 0.5) is 10.2 Å². The first kappa shape index (κ1) is 27.1. The molecule has 3 aromatic heterocycles. The van der Waals surface area contributed by atoms with E-state index >= 15 is 0 Å². The minimum absolute atomic E-state index is 0.0242. The maximum absolute atomic E-state index is 13.5. The van der Waals surface area contributed by atoms with Crippen molar-refractivity contribution in [2.24, 2.45) is 11.8 Å². The largest absolute Gasteiger partial charge is 0.465 e. The van der Waals surface area contributed by atoms with Gasteiger partial charge in [-0.15, -0.1) is 11.3 Å². The van der Waals surface area contributed by atoms with E-state index in [1.807, 2.05) is 32.9 Å². The van der Waals surface area contributed by atoms with Crippen LogP contribution in [0.5, 0.6) is 0 Å². The molecule has 9 heteroatoms. The van der Waals surface area contributed by atoms with Gasteiger partial charge < -0.3 is 15.2 Å². The Hall–Kier alpha value is -2.91. The van der Waals surface area contributed by atoms with Crippen LogP contribution in [-0.2, 0) is 21.7 Å². The number of halogens is 1. The van der Waals surface area contributed by atoms with Crippen molar-refractivity contribution in [2.45, 2.75) is 71.9 Å². The van der Waals surface area contributed by atoms with Crippen LogP contribution in [0.2, 0.25) is 0 Å². The van der Waals surface area contributed by atoms with Gasteiger partial charge in [-0.2, -0.15) is 0 Å². The molecule has 1 aliphatic carbocycles. The Morgan fingerprint density at radius 3 is 2.65 bits per heavy atom. The van der Waals surface area contributed by atoms with E-state index in [0.29, 0.717) is 29.5 Å². The number of hydrogen-bond donors (Lipinski definition) is 2. The van der Waals surface area contributed by atoms with E-state index in [4.69, 9.17) is 9.72 Å². The number of aryl methyl sites for hydroxylation is 2. The Bertz CT molecular complexity index is 1240. The zero-order valence-corrected chi connectivity index (χ0v) is 22.7. The summed E-state index contributed by atoms with van der Waals surface area (Å²) in [5, 5.41) is 15.4. The molecule has 0 amide bonds. The highest BCUT2D eigenvalue weighted by atomic mass is 32.1. The van der Waals surface area contributed by atoms with Crippen LogP contribution in [0.3, 0.4) is 0 Å². The Morgan fingerprint density at radius 1 is 1.19 bits per heavy atom. The maximum atomic E-state index is 13.5. The fourth-order valence-corrected chi connectivity index (χ4v) is 5.77. The van der Waals surface area contributed by atoms with Crippen molar-refractivity contribution >= 4 is 23.1 Å². The molecule has 0 saturated heterocycles. The number of rotatable bonds is 9. The topological polar surface area (TPSA) is 97.2 Å². The molecule has 3 aromatic rings. The molecule has 1 atom stereocenters. The summed E-state index contributed by atoms with van der Waals surface area (Å²) in [5.41, 5.74) is 2.00. The monoisotopic (exact) mass is 526 g/mol. The third kappa shape index (κ3) is 6.51. The third-order valence-electron chi connectivity index (χ3n) is 7.02. The molecule has 0 aliphatic heterocycles. The molecule has 0 bridgehead atoms. The first-order valence-corrected chi connectivity index (χ1v) is 13.7. The zero-order chi connectivity index (χ0) is 26.6. The quantitative estimate of drug-likeness (QED) is 0.333. The van der Waals surface area contributed by atoms with Gasteiger partial charge in [0.2, 0.25) is 0 Å². The first-order chi connectivity index (χ1) is 17.7. The lowest BCUT2D eigenvalue weighted by Crippen LogP contribution is -2.36. The smallest absolute Gasteiger partial charge is 0.308 e. The molecule has 1 aliphatic rings. The van der Waals surface area contributed by atoms with Crippen molar-refractivity contribution in [1.29, 1.82) is 0 Å². The normalized spacial score (nSPS) is 19.3. The van der Waals surface area contributed by atoms with Crippen molar-refractivity contribution in [3.8, 4) is 10.6 Å². The van der Waals surface area contributed by atoms with E-state index in [9.17, 15) is 14.3 Å². The molecule has 1 fully saturated rings. The molecule has 198 valence electrons. The zero-order valence-electron chi connectivity index (χ0n) is 21.9. The summed E-state index contributed by atoms with van der Waals surface area (Å²) >= 11 is 1.44. The number of pyridine rings is 2. The van der Waals surface area contributed by atoms with Crippen molar-refractivity contribution in [1.82, 2.24) is 15.0 Å². The number of thiazole rings is 1. The summed E-state index contributed by atoms with van der Waals surface area (Å²) in [4.78, 5) is 26.6. The van der Waals surface area contributed by atoms with Crippen molar-refractivity contribution in [3.05, 3.63) is 58.2 Å². The first-order valence-electron chi connectivity index (χ1n) is 12.9. The van der Waals surface area contributed by atoms with E-state index in [1.165, 1.54) is 17.5 Å². The molecule has 2 N–H and O–H groups in total. The second-order valence-electron chi connectivity index (χ2n) is 10.1. The highest BCUT2D eigenvalue weighted by Gasteiger charge is 2.40. The molecule has 1 saturated carbocycles.